The third-order valence-corrected chi connectivity index (χ3v) is 3.47. The van der Waals surface area contributed by atoms with Crippen molar-refractivity contribution in [2.75, 3.05) is 59.8 Å². The summed E-state index contributed by atoms with van der Waals surface area (Å²) in [4.78, 5) is 44.6. The molecular formula is C19H33N3O7. The first kappa shape index (κ1) is 26.7. The molecule has 0 fully saturated rings. The van der Waals surface area contributed by atoms with Gasteiger partial charge >= 0.3 is 0 Å². The number of methoxy groups -OCH3 is 1. The second kappa shape index (κ2) is 17.8. The number of nitrogens with one attached hydrogen (secondary N) is 2. The van der Waals surface area contributed by atoms with Crippen molar-refractivity contribution in [2.45, 2.75) is 26.7 Å². The summed E-state index contributed by atoms with van der Waals surface area (Å²) in [5, 5.41) is 5.25. The van der Waals surface area contributed by atoms with Gasteiger partial charge in [-0.25, -0.2) is 0 Å². The molecular weight excluding hydrogens is 382 g/mol. The molecule has 2 N–H and O–H groups in total. The largest absolute Gasteiger partial charge is 0.377 e. The Morgan fingerprint density at radius 3 is 2.00 bits per heavy atom. The number of carbonyl (C=O) groups excluding carboxylic acids is 4. The van der Waals surface area contributed by atoms with Gasteiger partial charge in [0, 0.05) is 45.8 Å². The lowest BCUT2D eigenvalue weighted by molar-refractivity contribution is -0.136. The summed E-state index contributed by atoms with van der Waals surface area (Å²) in [5.74, 6) is -0.582. The third kappa shape index (κ3) is 15.3. The van der Waals surface area contributed by atoms with E-state index in [-0.39, 0.29) is 30.2 Å². The van der Waals surface area contributed by atoms with Crippen LogP contribution in [0.4, 0.5) is 0 Å². The summed E-state index contributed by atoms with van der Waals surface area (Å²) in [6, 6.07) is 0. The monoisotopic (exact) mass is 415 g/mol. The van der Waals surface area contributed by atoms with Crippen LogP contribution in [0.5, 0.6) is 0 Å². The number of hydrogen-bond donors (Lipinski definition) is 2. The molecule has 1 heterocycles. The standard InChI is InChI=1S/C11H22N2O5.C8H11NO2/c1-10(14)12-3-5-17-7-8-18-6-4-13-11(15)9-16-2;1-2-3-6-9-7(10)4-5-8(9)11/h3-9H2,1-2H3,(H,12,14)(H,13,15);4-5H,2-3,6H2,1H3. The highest BCUT2D eigenvalue weighted by Gasteiger charge is 2.21. The zero-order valence-electron chi connectivity index (χ0n) is 17.5. The molecule has 1 aliphatic rings. The molecule has 0 aliphatic carbocycles. The fraction of sp³-hybridized carbons (Fsp3) is 0.684. The molecule has 0 unspecified atom stereocenters. The molecule has 0 saturated carbocycles. The van der Waals surface area contributed by atoms with Gasteiger partial charge in [-0.05, 0) is 6.42 Å². The van der Waals surface area contributed by atoms with E-state index in [0.717, 1.165) is 12.8 Å². The number of rotatable bonds is 14. The predicted octanol–water partition coefficient (Wildman–Crippen LogP) is -0.370. The second-order valence-corrected chi connectivity index (χ2v) is 6.01. The van der Waals surface area contributed by atoms with Crippen LogP contribution in [-0.2, 0) is 33.4 Å². The van der Waals surface area contributed by atoms with Crippen molar-refractivity contribution in [3.63, 3.8) is 0 Å². The van der Waals surface area contributed by atoms with E-state index >= 15 is 0 Å². The molecule has 29 heavy (non-hydrogen) atoms. The normalized spacial score (nSPS) is 12.6. The van der Waals surface area contributed by atoms with E-state index in [4.69, 9.17) is 9.47 Å². The quantitative estimate of drug-likeness (QED) is 0.293. The molecule has 0 atom stereocenters. The molecule has 1 rings (SSSR count). The summed E-state index contributed by atoms with van der Waals surface area (Å²) in [6.07, 6.45) is 4.52. The number of amides is 4. The Kier molecular flexibility index (Phi) is 16.4. The fourth-order valence-corrected chi connectivity index (χ4v) is 2.03. The average Bonchev–Trinajstić information content (AvgIpc) is 3.00. The van der Waals surface area contributed by atoms with Gasteiger partial charge in [0.25, 0.3) is 11.8 Å². The van der Waals surface area contributed by atoms with Crippen LogP contribution in [0.1, 0.15) is 26.7 Å². The van der Waals surface area contributed by atoms with Crippen LogP contribution in [0.15, 0.2) is 12.2 Å². The summed E-state index contributed by atoms with van der Waals surface area (Å²) in [6.45, 7) is 6.88. The minimum Gasteiger partial charge on any atom is -0.377 e. The van der Waals surface area contributed by atoms with Gasteiger partial charge in [-0.1, -0.05) is 13.3 Å². The molecule has 4 amide bonds. The highest BCUT2D eigenvalue weighted by molar-refractivity contribution is 6.12. The first-order valence-electron chi connectivity index (χ1n) is 9.61. The molecule has 0 aromatic rings. The van der Waals surface area contributed by atoms with Crippen molar-refractivity contribution in [1.29, 1.82) is 0 Å². The van der Waals surface area contributed by atoms with Crippen LogP contribution in [0.2, 0.25) is 0 Å². The molecule has 0 spiro atoms. The van der Waals surface area contributed by atoms with Gasteiger partial charge in [0.05, 0.1) is 26.4 Å². The topological polar surface area (TPSA) is 123 Å². The molecule has 0 saturated heterocycles. The predicted molar refractivity (Wildman–Crippen MR) is 106 cm³/mol. The molecule has 10 nitrogen and oxygen atoms in total. The van der Waals surface area contributed by atoms with Crippen molar-refractivity contribution in [3.8, 4) is 0 Å². The van der Waals surface area contributed by atoms with Crippen molar-refractivity contribution in [3.05, 3.63) is 12.2 Å². The lowest BCUT2D eigenvalue weighted by atomic mass is 10.3. The van der Waals surface area contributed by atoms with E-state index in [9.17, 15) is 19.2 Å². The highest BCUT2D eigenvalue weighted by Crippen LogP contribution is 2.04. The van der Waals surface area contributed by atoms with Crippen LogP contribution in [0, 0.1) is 0 Å². The number of carbonyl (C=O) groups is 4. The Hall–Kier alpha value is -2.30. The van der Waals surface area contributed by atoms with E-state index in [1.165, 1.54) is 31.1 Å². The molecule has 0 aromatic heterocycles. The van der Waals surface area contributed by atoms with Crippen molar-refractivity contribution in [2.24, 2.45) is 0 Å². The lowest BCUT2D eigenvalue weighted by Gasteiger charge is -2.11. The van der Waals surface area contributed by atoms with E-state index in [2.05, 4.69) is 15.4 Å². The van der Waals surface area contributed by atoms with Crippen molar-refractivity contribution < 1.29 is 33.4 Å². The number of unbranched alkanes of at least 4 members (excludes halogenated alkanes) is 1. The van der Waals surface area contributed by atoms with Gasteiger partial charge in [0.1, 0.15) is 6.61 Å². The fourth-order valence-electron chi connectivity index (χ4n) is 2.03. The Bertz CT molecular complexity index is 520. The molecule has 10 heteroatoms. The Morgan fingerprint density at radius 1 is 0.966 bits per heavy atom. The Balaban J connectivity index is 0.000000604. The van der Waals surface area contributed by atoms with Gasteiger partial charge in [0.15, 0.2) is 0 Å². The van der Waals surface area contributed by atoms with Crippen LogP contribution >= 0.6 is 0 Å². The molecule has 1 aliphatic heterocycles. The van der Waals surface area contributed by atoms with E-state index < -0.39 is 0 Å². The van der Waals surface area contributed by atoms with Gasteiger partial charge in [-0.15, -0.1) is 0 Å². The summed E-state index contributed by atoms with van der Waals surface area (Å²) >= 11 is 0. The van der Waals surface area contributed by atoms with Crippen LogP contribution in [0.3, 0.4) is 0 Å². The lowest BCUT2D eigenvalue weighted by Crippen LogP contribution is -2.30. The molecule has 166 valence electrons. The van der Waals surface area contributed by atoms with Crippen LogP contribution in [0.25, 0.3) is 0 Å². The summed E-state index contributed by atoms with van der Waals surface area (Å²) < 4.78 is 15.1. The molecule has 0 aromatic carbocycles. The first-order valence-corrected chi connectivity index (χ1v) is 9.61. The van der Waals surface area contributed by atoms with Crippen LogP contribution < -0.4 is 10.6 Å². The van der Waals surface area contributed by atoms with Gasteiger partial charge < -0.3 is 24.8 Å². The van der Waals surface area contributed by atoms with Gasteiger partial charge in [-0.2, -0.15) is 0 Å². The highest BCUT2D eigenvalue weighted by atomic mass is 16.5. The van der Waals surface area contributed by atoms with E-state index in [1.807, 2.05) is 6.92 Å². The maximum Gasteiger partial charge on any atom is 0.253 e. The van der Waals surface area contributed by atoms with Crippen LogP contribution in [-0.4, -0.2) is 88.3 Å². The Labute approximate surface area is 171 Å². The van der Waals surface area contributed by atoms with E-state index in [1.54, 1.807) is 0 Å². The third-order valence-electron chi connectivity index (χ3n) is 3.47. The Morgan fingerprint density at radius 2 is 1.52 bits per heavy atom. The number of imide groups is 1. The maximum absolute atomic E-state index is 11.0. The first-order chi connectivity index (χ1) is 13.9. The number of nitrogens with zero attached hydrogens (tertiary/aromatic N) is 1. The summed E-state index contributed by atoms with van der Waals surface area (Å²) in [5.41, 5.74) is 0. The zero-order valence-corrected chi connectivity index (χ0v) is 17.5. The second-order valence-electron chi connectivity index (χ2n) is 6.01. The van der Waals surface area contributed by atoms with Gasteiger partial charge in [-0.3, -0.25) is 24.1 Å². The number of ether oxygens (including phenoxy) is 3. The minimum absolute atomic E-state index is 0.0618. The smallest absolute Gasteiger partial charge is 0.253 e. The van der Waals surface area contributed by atoms with Gasteiger partial charge in [0.2, 0.25) is 11.8 Å². The minimum atomic E-state index is -0.177. The van der Waals surface area contributed by atoms with Crippen molar-refractivity contribution >= 4 is 23.6 Å². The molecule has 0 radical (unpaired) electrons. The molecule has 0 bridgehead atoms. The summed E-state index contributed by atoms with van der Waals surface area (Å²) in [7, 11) is 1.47. The SMILES string of the molecule is CCCCN1C(=O)C=CC1=O.COCC(=O)NCCOCCOCCNC(C)=O. The number of hydrogen-bond acceptors (Lipinski definition) is 7. The van der Waals surface area contributed by atoms with E-state index in [0.29, 0.717) is 46.1 Å². The van der Waals surface area contributed by atoms with Crippen molar-refractivity contribution in [1.82, 2.24) is 15.5 Å². The zero-order chi connectivity index (χ0) is 21.9. The maximum atomic E-state index is 11.0. The average molecular weight is 415 g/mol.